The molecule has 0 bridgehead atoms. The fourth-order valence-corrected chi connectivity index (χ4v) is 2.66. The standard InChI is InChI=1S/2C10H10N2O2.Ni.H2O/c2*1-6-7(2)11-9-8(13)4-3-5-12(9)10(6)14;;/h2*3-5,13H,1-2H3;;1H2/q;;+2;/p-1. The minimum Gasteiger partial charge on any atom is -0.870 e. The number of pyridine rings is 2. The van der Waals surface area contributed by atoms with Crippen molar-refractivity contribution in [1.82, 2.24) is 9.97 Å². The van der Waals surface area contributed by atoms with Gasteiger partial charge in [-0.2, -0.15) is 0 Å². The summed E-state index contributed by atoms with van der Waals surface area (Å²) in [7, 11) is 0. The number of fused-ring (bicyclic) bond motifs is 2. The van der Waals surface area contributed by atoms with Crippen LogP contribution in [0, 0.1) is 27.7 Å². The molecule has 30 heavy (non-hydrogen) atoms. The monoisotopic (exact) mass is 455 g/mol. The molecule has 4 heterocycles. The third kappa shape index (κ3) is 4.34. The van der Waals surface area contributed by atoms with E-state index in [1.807, 2.05) is 0 Å². The molecule has 0 unspecified atom stereocenters. The van der Waals surface area contributed by atoms with Crippen LogP contribution in [0.1, 0.15) is 22.5 Å². The zero-order valence-electron chi connectivity index (χ0n) is 16.8. The molecule has 0 amide bonds. The van der Waals surface area contributed by atoms with Crippen LogP contribution in [0.3, 0.4) is 0 Å². The van der Waals surface area contributed by atoms with E-state index >= 15 is 0 Å². The van der Waals surface area contributed by atoms with Crippen molar-refractivity contribution in [3.8, 4) is 11.5 Å². The fourth-order valence-electron chi connectivity index (χ4n) is 2.66. The molecule has 0 saturated heterocycles. The second-order valence-electron chi connectivity index (χ2n) is 6.39. The molecule has 0 atom stereocenters. The molecule has 0 radical (unpaired) electrons. The number of aryl methyl sites for hydroxylation is 2. The Bertz CT molecular complexity index is 1230. The van der Waals surface area contributed by atoms with Crippen LogP contribution in [-0.2, 0) is 22.0 Å². The number of nitrogens with zero attached hydrogens (tertiary/aromatic N) is 4. The van der Waals surface area contributed by atoms with Gasteiger partial charge in [-0.3, -0.25) is 18.4 Å². The van der Waals surface area contributed by atoms with Gasteiger partial charge in [-0.25, -0.2) is 9.97 Å². The Labute approximate surface area is 181 Å². The maximum Gasteiger partial charge on any atom is 2.00 e. The van der Waals surface area contributed by atoms with Crippen molar-refractivity contribution in [2.24, 2.45) is 0 Å². The molecule has 0 aliphatic carbocycles. The third-order valence-corrected chi connectivity index (χ3v) is 4.57. The smallest absolute Gasteiger partial charge is 0.870 e. The molecule has 0 aromatic carbocycles. The van der Waals surface area contributed by atoms with Crippen LogP contribution in [0.25, 0.3) is 11.3 Å². The minimum absolute atomic E-state index is 0. The van der Waals surface area contributed by atoms with Gasteiger partial charge in [0.05, 0.1) is 0 Å². The van der Waals surface area contributed by atoms with Crippen molar-refractivity contribution in [3.05, 3.63) is 79.9 Å². The Morgan fingerprint density at radius 3 is 1.40 bits per heavy atom. The second-order valence-corrected chi connectivity index (χ2v) is 6.39. The first-order valence-corrected chi connectivity index (χ1v) is 8.53. The Kier molecular flexibility index (Phi) is 7.87. The first kappa shape index (κ1) is 24.8. The first-order valence-electron chi connectivity index (χ1n) is 8.53. The zero-order chi connectivity index (χ0) is 20.6. The van der Waals surface area contributed by atoms with Gasteiger partial charge in [-0.15, -0.1) is 0 Å². The van der Waals surface area contributed by atoms with E-state index in [-0.39, 0.29) is 55.9 Å². The van der Waals surface area contributed by atoms with Crippen LogP contribution in [0.4, 0.5) is 0 Å². The number of aromatic nitrogens is 4. The van der Waals surface area contributed by atoms with Crippen molar-refractivity contribution in [2.45, 2.75) is 27.7 Å². The summed E-state index contributed by atoms with van der Waals surface area (Å²) >= 11 is 0. The van der Waals surface area contributed by atoms with Crippen LogP contribution < -0.4 is 40.1 Å². The van der Waals surface area contributed by atoms with E-state index in [1.54, 1.807) is 52.2 Å². The first-order chi connectivity index (χ1) is 13.2. The Hall–Kier alpha value is -3.23. The molecule has 10 heteroatoms. The normalized spacial score (nSPS) is 10.0. The van der Waals surface area contributed by atoms with Gasteiger partial charge >= 0.3 is 16.5 Å². The minimum atomic E-state index is -0.229. The van der Waals surface area contributed by atoms with Crippen LogP contribution in [-0.4, -0.2) is 0 Å². The number of rotatable bonds is 0. The summed E-state index contributed by atoms with van der Waals surface area (Å²) in [6.45, 7) is 6.86. The summed E-state index contributed by atoms with van der Waals surface area (Å²) in [5.41, 5.74) is 2.41. The summed E-state index contributed by atoms with van der Waals surface area (Å²) in [5, 5.41) is 22.7. The van der Waals surface area contributed by atoms with E-state index in [4.69, 9.17) is 0 Å². The maximum atomic E-state index is 11.7. The molecule has 0 spiro atoms. The molecular formula is C20H21N4NiO5+. The summed E-state index contributed by atoms with van der Waals surface area (Å²) < 4.78 is 2.56. The topological polar surface area (TPSA) is 150 Å². The quantitative estimate of drug-likeness (QED) is 0.169. The summed E-state index contributed by atoms with van der Waals surface area (Å²) in [5.74, 6) is -0.458. The van der Waals surface area contributed by atoms with Crippen molar-refractivity contribution in [2.75, 3.05) is 0 Å². The van der Waals surface area contributed by atoms with Gasteiger partial charge in [0.25, 0.3) is 11.1 Å². The predicted molar refractivity (Wildman–Crippen MR) is 101 cm³/mol. The van der Waals surface area contributed by atoms with Gasteiger partial charge in [0.2, 0.25) is 0 Å². The fraction of sp³-hybridized carbons (Fsp3) is 0.200. The number of hydrogen-bond acceptors (Lipinski definition) is 4. The molecule has 9 nitrogen and oxygen atoms in total. The van der Waals surface area contributed by atoms with Crippen LogP contribution >= 0.6 is 0 Å². The zero-order valence-corrected chi connectivity index (χ0v) is 17.8. The van der Waals surface area contributed by atoms with Gasteiger partial charge in [0, 0.05) is 34.9 Å². The average Bonchev–Trinajstić information content (AvgIpc) is 2.67. The van der Waals surface area contributed by atoms with Gasteiger partial charge in [0.15, 0.2) is 0 Å². The maximum absolute atomic E-state index is 11.7. The van der Waals surface area contributed by atoms with E-state index in [0.717, 1.165) is 0 Å². The molecule has 0 fully saturated rings. The van der Waals surface area contributed by atoms with E-state index in [9.17, 15) is 19.8 Å². The molecule has 160 valence electrons. The summed E-state index contributed by atoms with van der Waals surface area (Å²) in [6, 6.07) is 5.90. The molecule has 4 aromatic rings. The van der Waals surface area contributed by atoms with Crippen molar-refractivity contribution in [3.63, 3.8) is 0 Å². The predicted octanol–water partition coefficient (Wildman–Crippen LogP) is -2.06. The van der Waals surface area contributed by atoms with E-state index in [0.29, 0.717) is 22.5 Å². The Morgan fingerprint density at radius 1 is 0.733 bits per heavy atom. The third-order valence-electron chi connectivity index (χ3n) is 4.57. The molecular weight excluding hydrogens is 435 g/mol. The molecule has 3 N–H and O–H groups in total. The Balaban J connectivity index is 0.000000281. The molecule has 0 aliphatic heterocycles. The van der Waals surface area contributed by atoms with Crippen LogP contribution in [0.15, 0.2) is 46.2 Å². The van der Waals surface area contributed by atoms with E-state index in [1.165, 1.54) is 20.9 Å². The average molecular weight is 456 g/mol. The molecule has 0 saturated carbocycles. The van der Waals surface area contributed by atoms with Gasteiger partial charge in [0.1, 0.15) is 11.3 Å². The van der Waals surface area contributed by atoms with Gasteiger partial charge in [-0.1, -0.05) is 23.6 Å². The largest absolute Gasteiger partial charge is 2.00 e. The van der Waals surface area contributed by atoms with Crippen LogP contribution in [0.2, 0.25) is 0 Å². The van der Waals surface area contributed by atoms with Crippen molar-refractivity contribution >= 4 is 11.3 Å². The van der Waals surface area contributed by atoms with Crippen molar-refractivity contribution < 1.29 is 41.0 Å². The van der Waals surface area contributed by atoms with Crippen LogP contribution in [0.5, 0.6) is 11.5 Å². The van der Waals surface area contributed by atoms with Gasteiger partial charge < -0.3 is 15.7 Å². The SMILES string of the molecule is Cc1[n-]c2c([O-])ccc[n+]2c(=O)c1C.Cc1[n-]c2c([O-])ccc[n+]2c(=O)c1C.[Ni+2].[OH3+]. The molecule has 4 rings (SSSR count). The van der Waals surface area contributed by atoms with Gasteiger partial charge in [-0.05, 0) is 39.8 Å². The Morgan fingerprint density at radius 2 is 1.07 bits per heavy atom. The number of hydrogen-bond donors (Lipinski definition) is 0. The molecule has 0 aliphatic rings. The van der Waals surface area contributed by atoms with E-state index in [2.05, 4.69) is 9.97 Å². The summed E-state index contributed by atoms with van der Waals surface area (Å²) in [6.07, 6.45) is 3.11. The second kappa shape index (κ2) is 9.51. The van der Waals surface area contributed by atoms with E-state index < -0.39 is 0 Å². The summed E-state index contributed by atoms with van der Waals surface area (Å²) in [4.78, 5) is 31.5. The molecule has 4 aromatic heterocycles. The van der Waals surface area contributed by atoms with Crippen molar-refractivity contribution in [1.29, 1.82) is 0 Å².